The standard InChI is InChI=1S/C15H14N8O2S/c1-22-9-10(8-18-22)13-14-20-15(21-23(14)6-5-17-13)19-11-3-2-4-12(7-11)26(16,24)25/h2-9H,1H3,(H,19,21)(H2,16,24,25). The largest absolute Gasteiger partial charge is 0.323 e. The van der Waals surface area contributed by atoms with Gasteiger partial charge in [0, 0.05) is 36.9 Å². The number of nitrogens with zero attached hydrogens (tertiary/aromatic N) is 6. The molecule has 0 unspecified atom stereocenters. The number of hydrogen-bond donors (Lipinski definition) is 2. The summed E-state index contributed by atoms with van der Waals surface area (Å²) in [5, 5.41) is 16.6. The van der Waals surface area contributed by atoms with Crippen LogP contribution in [0.15, 0.2) is 53.9 Å². The van der Waals surface area contributed by atoms with Crippen molar-refractivity contribution in [2.75, 3.05) is 5.32 Å². The molecular formula is C15H14N8O2S. The molecule has 4 aromatic rings. The van der Waals surface area contributed by atoms with Gasteiger partial charge in [0.2, 0.25) is 16.0 Å². The number of fused-ring (bicyclic) bond motifs is 1. The van der Waals surface area contributed by atoms with Crippen molar-refractivity contribution in [3.05, 3.63) is 49.1 Å². The van der Waals surface area contributed by atoms with Gasteiger partial charge in [0.05, 0.1) is 11.1 Å². The van der Waals surface area contributed by atoms with Crippen LogP contribution in [0.3, 0.4) is 0 Å². The Bertz CT molecular complexity index is 1210. The number of aryl methyl sites for hydroxylation is 1. The Hall–Kier alpha value is -3.31. The molecule has 0 bridgehead atoms. The summed E-state index contributed by atoms with van der Waals surface area (Å²) >= 11 is 0. The highest BCUT2D eigenvalue weighted by molar-refractivity contribution is 7.89. The minimum atomic E-state index is -3.79. The van der Waals surface area contributed by atoms with E-state index in [1.165, 1.54) is 12.1 Å². The van der Waals surface area contributed by atoms with Crippen molar-refractivity contribution < 1.29 is 8.42 Å². The lowest BCUT2D eigenvalue weighted by molar-refractivity contribution is 0.598. The molecule has 11 heteroatoms. The van der Waals surface area contributed by atoms with E-state index < -0.39 is 10.0 Å². The number of rotatable bonds is 4. The monoisotopic (exact) mass is 370 g/mol. The summed E-state index contributed by atoms with van der Waals surface area (Å²) in [7, 11) is -1.97. The van der Waals surface area contributed by atoms with E-state index in [0.717, 1.165) is 5.56 Å². The molecule has 0 saturated carbocycles. The molecule has 26 heavy (non-hydrogen) atoms. The van der Waals surface area contributed by atoms with Crippen LogP contribution in [0.25, 0.3) is 16.9 Å². The van der Waals surface area contributed by atoms with Gasteiger partial charge in [0.25, 0.3) is 0 Å². The molecule has 132 valence electrons. The van der Waals surface area contributed by atoms with Gasteiger partial charge < -0.3 is 5.32 Å². The molecular weight excluding hydrogens is 356 g/mol. The van der Waals surface area contributed by atoms with E-state index in [1.54, 1.807) is 39.9 Å². The van der Waals surface area contributed by atoms with Crippen LogP contribution >= 0.6 is 0 Å². The Morgan fingerprint density at radius 2 is 2.12 bits per heavy atom. The fourth-order valence-corrected chi connectivity index (χ4v) is 3.06. The highest BCUT2D eigenvalue weighted by Crippen LogP contribution is 2.23. The lowest BCUT2D eigenvalue weighted by atomic mass is 10.2. The van der Waals surface area contributed by atoms with Crippen LogP contribution in [0.2, 0.25) is 0 Å². The van der Waals surface area contributed by atoms with Crippen LogP contribution < -0.4 is 10.5 Å². The molecule has 0 saturated heterocycles. The van der Waals surface area contributed by atoms with Crippen molar-refractivity contribution in [2.45, 2.75) is 4.90 Å². The van der Waals surface area contributed by atoms with E-state index in [0.29, 0.717) is 23.0 Å². The molecule has 4 rings (SSSR count). The van der Waals surface area contributed by atoms with Gasteiger partial charge in [0.1, 0.15) is 5.69 Å². The first-order valence-corrected chi connectivity index (χ1v) is 9.05. The van der Waals surface area contributed by atoms with Crippen LogP contribution in [0.1, 0.15) is 0 Å². The Morgan fingerprint density at radius 3 is 2.85 bits per heavy atom. The first kappa shape index (κ1) is 16.2. The van der Waals surface area contributed by atoms with Crippen LogP contribution in [0.4, 0.5) is 11.6 Å². The Kier molecular flexibility index (Phi) is 3.67. The summed E-state index contributed by atoms with van der Waals surface area (Å²) in [6.45, 7) is 0. The molecule has 1 aromatic carbocycles. The second kappa shape index (κ2) is 5.89. The summed E-state index contributed by atoms with van der Waals surface area (Å²) in [6, 6.07) is 6.12. The van der Waals surface area contributed by atoms with Gasteiger partial charge >= 0.3 is 0 Å². The van der Waals surface area contributed by atoms with Gasteiger partial charge in [-0.2, -0.15) is 10.1 Å². The first-order valence-electron chi connectivity index (χ1n) is 7.50. The Balaban J connectivity index is 1.73. The predicted octanol–water partition coefficient (Wildman–Crippen LogP) is 0.916. The maximum absolute atomic E-state index is 11.5. The summed E-state index contributed by atoms with van der Waals surface area (Å²) in [6.07, 6.45) is 6.82. The quantitative estimate of drug-likeness (QED) is 0.545. The van der Waals surface area contributed by atoms with Crippen molar-refractivity contribution in [1.82, 2.24) is 29.4 Å². The van der Waals surface area contributed by atoms with Crippen molar-refractivity contribution >= 4 is 27.3 Å². The van der Waals surface area contributed by atoms with Crippen LogP contribution in [-0.2, 0) is 17.1 Å². The summed E-state index contributed by atoms with van der Waals surface area (Å²) in [5.74, 6) is 0.301. The fraction of sp³-hybridized carbons (Fsp3) is 0.0667. The van der Waals surface area contributed by atoms with Crippen molar-refractivity contribution in [3.8, 4) is 11.3 Å². The molecule has 0 amide bonds. The molecule has 0 fully saturated rings. The van der Waals surface area contributed by atoms with Crippen LogP contribution in [0.5, 0.6) is 0 Å². The Morgan fingerprint density at radius 1 is 1.27 bits per heavy atom. The van der Waals surface area contributed by atoms with E-state index in [1.807, 2.05) is 13.2 Å². The number of anilines is 2. The van der Waals surface area contributed by atoms with Crippen molar-refractivity contribution in [2.24, 2.45) is 12.2 Å². The highest BCUT2D eigenvalue weighted by atomic mass is 32.2. The van der Waals surface area contributed by atoms with Crippen molar-refractivity contribution in [3.63, 3.8) is 0 Å². The van der Waals surface area contributed by atoms with Crippen LogP contribution in [0, 0.1) is 0 Å². The number of nitrogens with one attached hydrogen (secondary N) is 1. The maximum atomic E-state index is 11.5. The second-order valence-corrected chi connectivity index (χ2v) is 7.14. The van der Waals surface area contributed by atoms with Crippen LogP contribution in [-0.4, -0.2) is 37.8 Å². The smallest absolute Gasteiger partial charge is 0.247 e. The zero-order valence-electron chi connectivity index (χ0n) is 13.6. The van der Waals surface area contributed by atoms with Gasteiger partial charge in [0.15, 0.2) is 5.65 Å². The summed E-state index contributed by atoms with van der Waals surface area (Å²) in [4.78, 5) is 8.81. The number of aromatic nitrogens is 6. The van der Waals surface area contributed by atoms with Gasteiger partial charge in [-0.05, 0) is 18.2 Å². The lowest BCUT2D eigenvalue weighted by Gasteiger charge is -2.03. The number of sulfonamides is 1. The summed E-state index contributed by atoms with van der Waals surface area (Å²) in [5.41, 5.74) is 2.50. The molecule has 0 atom stereocenters. The third-order valence-corrected chi connectivity index (χ3v) is 4.56. The number of benzene rings is 1. The van der Waals surface area contributed by atoms with Gasteiger partial charge in [-0.1, -0.05) is 6.07 Å². The van der Waals surface area contributed by atoms with Gasteiger partial charge in [-0.15, -0.1) is 5.10 Å². The summed E-state index contributed by atoms with van der Waals surface area (Å²) < 4.78 is 26.2. The molecule has 0 aliphatic heterocycles. The molecule has 3 aromatic heterocycles. The van der Waals surface area contributed by atoms with E-state index in [9.17, 15) is 8.42 Å². The number of primary sulfonamides is 1. The average molecular weight is 370 g/mol. The molecule has 3 N–H and O–H groups in total. The SMILES string of the molecule is Cn1cc(-c2nccn3nc(Nc4cccc(S(N)(=O)=O)c4)nc23)cn1. The Labute approximate surface area is 148 Å². The number of nitrogens with two attached hydrogens (primary N) is 1. The fourth-order valence-electron chi connectivity index (χ4n) is 2.50. The van der Waals surface area contributed by atoms with Crippen molar-refractivity contribution in [1.29, 1.82) is 0 Å². The normalized spacial score (nSPS) is 11.8. The predicted molar refractivity (Wildman–Crippen MR) is 94.1 cm³/mol. The third kappa shape index (κ3) is 3.00. The minimum Gasteiger partial charge on any atom is -0.323 e. The molecule has 0 aliphatic carbocycles. The zero-order chi connectivity index (χ0) is 18.3. The second-order valence-electron chi connectivity index (χ2n) is 5.58. The average Bonchev–Trinajstić information content (AvgIpc) is 3.19. The molecule has 3 heterocycles. The van der Waals surface area contributed by atoms with Gasteiger partial charge in [-0.3, -0.25) is 9.67 Å². The molecule has 0 radical (unpaired) electrons. The molecule has 0 spiro atoms. The first-order chi connectivity index (χ1) is 12.4. The molecule has 0 aliphatic rings. The van der Waals surface area contributed by atoms with E-state index in [2.05, 4.69) is 25.5 Å². The minimum absolute atomic E-state index is 0.00369. The highest BCUT2D eigenvalue weighted by Gasteiger charge is 2.13. The van der Waals surface area contributed by atoms with E-state index in [-0.39, 0.29) is 4.90 Å². The zero-order valence-corrected chi connectivity index (χ0v) is 14.4. The molecule has 10 nitrogen and oxygen atoms in total. The number of hydrogen-bond acceptors (Lipinski definition) is 7. The van der Waals surface area contributed by atoms with E-state index in [4.69, 9.17) is 5.14 Å². The lowest BCUT2D eigenvalue weighted by Crippen LogP contribution is -2.12. The van der Waals surface area contributed by atoms with E-state index >= 15 is 0 Å². The maximum Gasteiger partial charge on any atom is 0.247 e. The topological polar surface area (TPSA) is 133 Å². The van der Waals surface area contributed by atoms with Gasteiger partial charge in [-0.25, -0.2) is 18.1 Å². The third-order valence-electron chi connectivity index (χ3n) is 3.65.